The number of aromatic nitrogens is 3. The minimum Gasteiger partial charge on any atom is -0.389 e. The van der Waals surface area contributed by atoms with Crippen LogP contribution in [-0.2, 0) is 17.8 Å². The van der Waals surface area contributed by atoms with Crippen molar-refractivity contribution in [3.63, 3.8) is 0 Å². The number of nitrogens with one attached hydrogen (secondary N) is 1. The van der Waals surface area contributed by atoms with Crippen molar-refractivity contribution in [3.8, 4) is 11.3 Å². The molecule has 2 N–H and O–H groups in total. The second-order valence-corrected chi connectivity index (χ2v) is 6.95. The summed E-state index contributed by atoms with van der Waals surface area (Å²) in [5.41, 5.74) is 3.09. The van der Waals surface area contributed by atoms with Crippen molar-refractivity contribution in [3.05, 3.63) is 58.9 Å². The Morgan fingerprint density at radius 2 is 2.16 bits per heavy atom. The van der Waals surface area contributed by atoms with Gasteiger partial charge in [-0.2, -0.15) is 11.3 Å². The number of thiophene rings is 1. The van der Waals surface area contributed by atoms with Gasteiger partial charge in [-0.3, -0.25) is 0 Å². The van der Waals surface area contributed by atoms with Crippen LogP contribution in [0.25, 0.3) is 11.3 Å². The minimum absolute atomic E-state index is 0.121. The molecule has 0 saturated carbocycles. The maximum atomic E-state index is 10.2. The summed E-state index contributed by atoms with van der Waals surface area (Å²) in [6.45, 7) is 1.61. The van der Waals surface area contributed by atoms with Gasteiger partial charge in [0.15, 0.2) is 0 Å². The van der Waals surface area contributed by atoms with Crippen LogP contribution in [0.1, 0.15) is 5.56 Å². The van der Waals surface area contributed by atoms with Crippen LogP contribution in [0.4, 0.5) is 0 Å². The molecule has 0 amide bonds. The molecule has 25 heavy (non-hydrogen) atoms. The number of aliphatic hydroxyl groups excluding tert-OH is 1. The predicted molar refractivity (Wildman–Crippen MR) is 96.2 cm³/mol. The van der Waals surface area contributed by atoms with E-state index >= 15 is 0 Å². The molecule has 6 nitrogen and oxygen atoms in total. The fraction of sp³-hybridized carbons (Fsp3) is 0.333. The first-order valence-electron chi connectivity index (χ1n) is 8.29. The van der Waals surface area contributed by atoms with E-state index < -0.39 is 6.10 Å². The first-order valence-corrected chi connectivity index (χ1v) is 9.23. The largest absolute Gasteiger partial charge is 0.389 e. The Hall–Kier alpha value is -2.06. The van der Waals surface area contributed by atoms with Crippen molar-refractivity contribution in [1.29, 1.82) is 0 Å². The number of aliphatic hydroxyl groups is 1. The molecule has 3 aromatic rings. The molecule has 1 saturated heterocycles. The maximum Gasteiger partial charge on any atom is 0.113 e. The molecule has 1 aliphatic rings. The molecule has 1 aliphatic heterocycles. The van der Waals surface area contributed by atoms with Gasteiger partial charge in [0, 0.05) is 12.1 Å². The lowest BCUT2D eigenvalue weighted by Crippen LogP contribution is -2.44. The molecule has 0 unspecified atom stereocenters. The van der Waals surface area contributed by atoms with Crippen LogP contribution in [0.2, 0.25) is 0 Å². The van der Waals surface area contributed by atoms with Gasteiger partial charge in [0.05, 0.1) is 37.6 Å². The Morgan fingerprint density at radius 3 is 2.96 bits per heavy atom. The molecule has 0 spiro atoms. The third-order valence-electron chi connectivity index (χ3n) is 4.39. The third-order valence-corrected chi connectivity index (χ3v) is 5.13. The van der Waals surface area contributed by atoms with E-state index in [4.69, 9.17) is 4.74 Å². The van der Waals surface area contributed by atoms with Crippen LogP contribution in [0, 0.1) is 0 Å². The molecular formula is C18H20N4O2S. The van der Waals surface area contributed by atoms with E-state index in [1.165, 1.54) is 5.56 Å². The number of benzene rings is 1. The van der Waals surface area contributed by atoms with Gasteiger partial charge in [0.1, 0.15) is 5.69 Å². The first kappa shape index (κ1) is 16.4. The smallest absolute Gasteiger partial charge is 0.113 e. The molecule has 1 fully saturated rings. The van der Waals surface area contributed by atoms with Gasteiger partial charge in [0.2, 0.25) is 0 Å². The first-order chi connectivity index (χ1) is 12.3. The lowest BCUT2D eigenvalue weighted by atomic mass is 10.1. The second kappa shape index (κ2) is 7.45. The summed E-state index contributed by atoms with van der Waals surface area (Å²) in [6, 6.07) is 11.9. The molecule has 4 rings (SSSR count). The normalized spacial score (nSPS) is 23.2. The van der Waals surface area contributed by atoms with Gasteiger partial charge >= 0.3 is 0 Å². The molecule has 1 aromatic carbocycles. The average molecular weight is 356 g/mol. The van der Waals surface area contributed by atoms with Gasteiger partial charge in [0.25, 0.3) is 0 Å². The Labute approximate surface area is 150 Å². The lowest BCUT2D eigenvalue weighted by molar-refractivity contribution is 0.0741. The number of rotatable bonds is 6. The predicted octanol–water partition coefficient (Wildman–Crippen LogP) is 1.92. The number of hydrogen-bond acceptors (Lipinski definition) is 6. The summed E-state index contributed by atoms with van der Waals surface area (Å²) in [5, 5.41) is 26.2. The van der Waals surface area contributed by atoms with Crippen molar-refractivity contribution in [2.75, 3.05) is 6.61 Å². The van der Waals surface area contributed by atoms with Gasteiger partial charge in [-0.25, -0.2) is 4.68 Å². The molecule has 130 valence electrons. The standard InChI is InChI=1S/C18H20N4O2S/c23-16-11-24-17(18(16)19-8-13-6-7-25-12-13)10-22-9-15(20-21-22)14-4-2-1-3-5-14/h1-7,9,12,16-19,23H,8,10-11H2/t16-,17+,18+/m0/s1. The highest BCUT2D eigenvalue weighted by atomic mass is 32.1. The SMILES string of the molecule is O[C@H]1CO[C@H](Cn2cc(-c3ccccc3)nn2)[C@@H]1NCc1ccsc1. The highest BCUT2D eigenvalue weighted by Crippen LogP contribution is 2.19. The summed E-state index contributed by atoms with van der Waals surface area (Å²) >= 11 is 1.67. The summed E-state index contributed by atoms with van der Waals surface area (Å²) in [6.07, 6.45) is 1.26. The van der Waals surface area contributed by atoms with Gasteiger partial charge < -0.3 is 15.2 Å². The van der Waals surface area contributed by atoms with E-state index in [0.29, 0.717) is 13.2 Å². The van der Waals surface area contributed by atoms with Gasteiger partial charge in [-0.1, -0.05) is 35.5 Å². The maximum absolute atomic E-state index is 10.2. The molecular weight excluding hydrogens is 336 g/mol. The summed E-state index contributed by atoms with van der Waals surface area (Å²) in [4.78, 5) is 0. The van der Waals surface area contributed by atoms with E-state index in [1.54, 1.807) is 16.0 Å². The van der Waals surface area contributed by atoms with Crippen LogP contribution in [0.15, 0.2) is 53.4 Å². The Morgan fingerprint density at radius 1 is 1.28 bits per heavy atom. The monoisotopic (exact) mass is 356 g/mol. The van der Waals surface area contributed by atoms with Crippen molar-refractivity contribution >= 4 is 11.3 Å². The summed E-state index contributed by atoms with van der Waals surface area (Å²) in [7, 11) is 0. The number of nitrogens with zero attached hydrogens (tertiary/aromatic N) is 3. The summed E-state index contributed by atoms with van der Waals surface area (Å²) < 4.78 is 7.55. The molecule has 0 bridgehead atoms. The van der Waals surface area contributed by atoms with Gasteiger partial charge in [-0.15, -0.1) is 5.10 Å². The zero-order chi connectivity index (χ0) is 17.1. The second-order valence-electron chi connectivity index (χ2n) is 6.17. The van der Waals surface area contributed by atoms with E-state index in [1.807, 2.05) is 36.5 Å². The molecule has 3 atom stereocenters. The minimum atomic E-state index is -0.513. The van der Waals surface area contributed by atoms with E-state index in [0.717, 1.165) is 17.8 Å². The average Bonchev–Trinajstić information content (AvgIpc) is 3.37. The Kier molecular flexibility index (Phi) is 4.89. The molecule has 3 heterocycles. The van der Waals surface area contributed by atoms with Gasteiger partial charge in [-0.05, 0) is 22.4 Å². The Balaban J connectivity index is 1.41. The van der Waals surface area contributed by atoms with Crippen molar-refractivity contribution < 1.29 is 9.84 Å². The van der Waals surface area contributed by atoms with E-state index in [2.05, 4.69) is 32.5 Å². The fourth-order valence-corrected chi connectivity index (χ4v) is 3.72. The molecule has 0 aliphatic carbocycles. The molecule has 2 aromatic heterocycles. The topological polar surface area (TPSA) is 72.2 Å². The fourth-order valence-electron chi connectivity index (χ4n) is 3.05. The quantitative estimate of drug-likeness (QED) is 0.706. The van der Waals surface area contributed by atoms with Crippen molar-refractivity contribution in [1.82, 2.24) is 20.3 Å². The van der Waals surface area contributed by atoms with Crippen LogP contribution >= 0.6 is 11.3 Å². The number of ether oxygens (including phenoxy) is 1. The highest BCUT2D eigenvalue weighted by molar-refractivity contribution is 7.07. The van der Waals surface area contributed by atoms with E-state index in [-0.39, 0.29) is 12.1 Å². The highest BCUT2D eigenvalue weighted by Gasteiger charge is 2.36. The summed E-state index contributed by atoms with van der Waals surface area (Å²) in [5.74, 6) is 0. The lowest BCUT2D eigenvalue weighted by Gasteiger charge is -2.21. The van der Waals surface area contributed by atoms with Crippen LogP contribution < -0.4 is 5.32 Å². The molecule has 7 heteroatoms. The number of hydrogen-bond donors (Lipinski definition) is 2. The van der Waals surface area contributed by atoms with Crippen LogP contribution in [-0.4, -0.2) is 45.0 Å². The zero-order valence-electron chi connectivity index (χ0n) is 13.7. The third kappa shape index (κ3) is 3.80. The van der Waals surface area contributed by atoms with Crippen LogP contribution in [0.3, 0.4) is 0 Å². The zero-order valence-corrected chi connectivity index (χ0v) is 14.5. The Bertz CT molecular complexity index is 791. The van der Waals surface area contributed by atoms with Crippen molar-refractivity contribution in [2.24, 2.45) is 0 Å². The molecule has 0 radical (unpaired) electrons. The van der Waals surface area contributed by atoms with Crippen LogP contribution in [0.5, 0.6) is 0 Å². The van der Waals surface area contributed by atoms with E-state index in [9.17, 15) is 5.11 Å². The van der Waals surface area contributed by atoms with Crippen molar-refractivity contribution in [2.45, 2.75) is 31.3 Å².